The average molecular weight is 710 g/mol. The van der Waals surface area contributed by atoms with E-state index in [4.69, 9.17) is 22.1 Å². The Morgan fingerprint density at radius 1 is 1.06 bits per heavy atom. The third kappa shape index (κ3) is 9.60. The van der Waals surface area contributed by atoms with Gasteiger partial charge in [0.1, 0.15) is 0 Å². The molecule has 2 saturated carbocycles. The molecule has 48 heavy (non-hydrogen) atoms. The lowest BCUT2D eigenvalue weighted by atomic mass is 9.73. The molecule has 4 fully saturated rings. The predicted molar refractivity (Wildman–Crippen MR) is 178 cm³/mol. The Bertz CT molecular complexity index is 1450. The van der Waals surface area contributed by atoms with Gasteiger partial charge in [-0.1, -0.05) is 43.0 Å². The molecule has 0 aromatic heterocycles. The van der Waals surface area contributed by atoms with Crippen LogP contribution in [0.3, 0.4) is 0 Å². The van der Waals surface area contributed by atoms with Crippen LogP contribution >= 0.6 is 11.6 Å². The maximum absolute atomic E-state index is 13.8. The minimum atomic E-state index is -3.36. The summed E-state index contributed by atoms with van der Waals surface area (Å²) >= 11 is 6.07. The maximum Gasteiger partial charge on any atom is 0.405 e. The minimum absolute atomic E-state index is 0.0414. The van der Waals surface area contributed by atoms with Crippen molar-refractivity contribution in [2.45, 2.75) is 107 Å². The topological polar surface area (TPSA) is 197 Å². The molecule has 4 aliphatic rings. The highest BCUT2D eigenvalue weighted by molar-refractivity contribution is 7.88. The number of hydrogen-bond donors (Lipinski definition) is 5. The summed E-state index contributed by atoms with van der Waals surface area (Å²) in [7, 11) is -3.36. The van der Waals surface area contributed by atoms with Gasteiger partial charge in [0.2, 0.25) is 15.9 Å². The fraction of sp³-hybridized carbons (Fsp3) is 0.697. The molecule has 1 aromatic carbocycles. The van der Waals surface area contributed by atoms with E-state index in [1.165, 1.54) is 4.31 Å². The van der Waals surface area contributed by atoms with Crippen molar-refractivity contribution in [2.24, 2.45) is 23.5 Å². The van der Waals surface area contributed by atoms with Crippen LogP contribution in [0.4, 0.5) is 4.79 Å². The lowest BCUT2D eigenvalue weighted by Gasteiger charge is -2.38. The van der Waals surface area contributed by atoms with Crippen molar-refractivity contribution in [3.8, 4) is 0 Å². The van der Waals surface area contributed by atoms with Gasteiger partial charge in [-0.3, -0.25) is 14.4 Å². The number of hydrogen-bond acceptors (Lipinski definition) is 8. The van der Waals surface area contributed by atoms with Crippen molar-refractivity contribution in [3.05, 3.63) is 34.9 Å². The summed E-state index contributed by atoms with van der Waals surface area (Å²) < 4.78 is 30.8. The molecule has 15 heteroatoms. The standard InChI is InChI=1S/C33H48ClN5O8S/c1-48(45,46)39-14-12-33(13-15-39)19-23(29(41)38-33)17-26(28(40)31(43)36-25-10-11-25)37-30(42)27(47-32(35)44)18-22-5-3-2-4-21(22)16-20-6-8-24(34)9-7-20/h6-9,21-23,25-28,40H,2-5,10-19H2,1H3,(H2,35,44)(H,36,43)(H,37,42)(H,38,41)/t21?,22?,23-,26-,27-,28-/m0/s1. The number of carbonyl (C=O) groups is 4. The summed E-state index contributed by atoms with van der Waals surface area (Å²) in [6.07, 6.45) is 4.67. The van der Waals surface area contributed by atoms with Gasteiger partial charge in [0.15, 0.2) is 12.2 Å². The second-order valence-electron chi connectivity index (χ2n) is 14.2. The monoisotopic (exact) mass is 709 g/mol. The Morgan fingerprint density at radius 2 is 1.71 bits per heavy atom. The van der Waals surface area contributed by atoms with E-state index in [0.717, 1.165) is 56.8 Å². The van der Waals surface area contributed by atoms with Gasteiger partial charge in [-0.2, -0.15) is 0 Å². The van der Waals surface area contributed by atoms with Crippen LogP contribution in [-0.2, 0) is 35.6 Å². The van der Waals surface area contributed by atoms with Crippen LogP contribution in [-0.4, -0.2) is 90.8 Å². The summed E-state index contributed by atoms with van der Waals surface area (Å²) in [5, 5.41) is 20.4. The van der Waals surface area contributed by atoms with E-state index in [-0.39, 0.29) is 49.7 Å². The number of aliphatic hydroxyl groups is 1. The number of ether oxygens (including phenoxy) is 1. The van der Waals surface area contributed by atoms with E-state index >= 15 is 0 Å². The van der Waals surface area contributed by atoms with Crippen molar-refractivity contribution in [1.82, 2.24) is 20.3 Å². The van der Waals surface area contributed by atoms with E-state index in [2.05, 4.69) is 16.0 Å². The van der Waals surface area contributed by atoms with Gasteiger partial charge in [0, 0.05) is 35.6 Å². The molecular weight excluding hydrogens is 662 g/mol. The Labute approximate surface area is 287 Å². The zero-order valence-corrected chi connectivity index (χ0v) is 28.9. The van der Waals surface area contributed by atoms with Gasteiger partial charge in [-0.15, -0.1) is 0 Å². The van der Waals surface area contributed by atoms with Crippen molar-refractivity contribution in [3.63, 3.8) is 0 Å². The fourth-order valence-electron chi connectivity index (χ4n) is 7.70. The number of piperidine rings is 1. The highest BCUT2D eigenvalue weighted by atomic mass is 35.5. The molecular formula is C33H48ClN5O8S. The van der Waals surface area contributed by atoms with Gasteiger partial charge >= 0.3 is 6.09 Å². The molecule has 2 aliphatic heterocycles. The lowest BCUT2D eigenvalue weighted by Crippen LogP contribution is -2.54. The molecule has 266 valence electrons. The number of sulfonamides is 1. The van der Waals surface area contributed by atoms with Crippen LogP contribution in [0.15, 0.2) is 24.3 Å². The number of aliphatic hydroxyl groups excluding tert-OH is 1. The van der Waals surface area contributed by atoms with E-state index < -0.39 is 57.6 Å². The summed E-state index contributed by atoms with van der Waals surface area (Å²) in [6.45, 7) is 0.537. The molecule has 13 nitrogen and oxygen atoms in total. The molecule has 2 saturated heterocycles. The van der Waals surface area contributed by atoms with Crippen LogP contribution in [0.1, 0.15) is 76.2 Å². The first kappa shape index (κ1) is 36.3. The molecule has 2 aliphatic carbocycles. The molecule has 2 unspecified atom stereocenters. The number of rotatable bonds is 13. The van der Waals surface area contributed by atoms with E-state index in [0.29, 0.717) is 24.3 Å². The zero-order chi connectivity index (χ0) is 34.6. The van der Waals surface area contributed by atoms with E-state index in [1.807, 2.05) is 24.3 Å². The van der Waals surface area contributed by atoms with Crippen LogP contribution in [0, 0.1) is 17.8 Å². The summed E-state index contributed by atoms with van der Waals surface area (Å²) in [5.41, 5.74) is 5.92. The van der Waals surface area contributed by atoms with Crippen molar-refractivity contribution >= 4 is 45.4 Å². The summed E-state index contributed by atoms with van der Waals surface area (Å²) in [6, 6.07) is 6.45. The largest absolute Gasteiger partial charge is 0.436 e. The molecule has 6 N–H and O–H groups in total. The third-order valence-electron chi connectivity index (χ3n) is 10.5. The Kier molecular flexibility index (Phi) is 11.6. The third-order valence-corrected chi connectivity index (χ3v) is 12.1. The molecule has 1 aromatic rings. The van der Waals surface area contributed by atoms with Crippen LogP contribution < -0.4 is 21.7 Å². The number of primary amides is 1. The van der Waals surface area contributed by atoms with Crippen LogP contribution in [0.2, 0.25) is 5.02 Å². The maximum atomic E-state index is 13.8. The number of carbonyl (C=O) groups excluding carboxylic acids is 4. The highest BCUT2D eigenvalue weighted by Crippen LogP contribution is 2.38. The number of benzene rings is 1. The molecule has 5 rings (SSSR count). The van der Waals surface area contributed by atoms with Crippen molar-refractivity contribution in [1.29, 1.82) is 0 Å². The van der Waals surface area contributed by atoms with Crippen molar-refractivity contribution in [2.75, 3.05) is 19.3 Å². The summed E-state index contributed by atoms with van der Waals surface area (Å²) in [5.74, 6) is -2.01. The average Bonchev–Trinajstić information content (AvgIpc) is 3.79. The molecule has 1 spiro atoms. The second kappa shape index (κ2) is 15.3. The van der Waals surface area contributed by atoms with Gasteiger partial charge in [0.25, 0.3) is 11.8 Å². The van der Waals surface area contributed by atoms with Gasteiger partial charge in [-0.05, 0) is 87.3 Å². The number of nitrogens with one attached hydrogen (secondary N) is 3. The smallest absolute Gasteiger partial charge is 0.405 e. The van der Waals surface area contributed by atoms with Crippen molar-refractivity contribution < 1.29 is 37.4 Å². The molecule has 0 bridgehead atoms. The van der Waals surface area contributed by atoms with Crippen LogP contribution in [0.5, 0.6) is 0 Å². The minimum Gasteiger partial charge on any atom is -0.436 e. The fourth-order valence-corrected chi connectivity index (χ4v) is 8.67. The van der Waals surface area contributed by atoms with E-state index in [1.54, 1.807) is 0 Å². The normalized spacial score (nSPS) is 26.2. The molecule has 4 amide bonds. The SMILES string of the molecule is CS(=O)(=O)N1CCC2(CC1)C[C@H](C[C@H](NC(=O)[C@H](CC1CCCCC1Cc1ccc(Cl)cc1)OC(N)=O)[C@H](O)C(=O)NC1CC1)C(=O)N2. The Morgan fingerprint density at radius 3 is 2.31 bits per heavy atom. The quantitative estimate of drug-likeness (QED) is 0.205. The van der Waals surface area contributed by atoms with Gasteiger partial charge in [0.05, 0.1) is 12.3 Å². The first-order valence-electron chi connectivity index (χ1n) is 17.0. The van der Waals surface area contributed by atoms with Gasteiger partial charge in [-0.25, -0.2) is 17.5 Å². The lowest BCUT2D eigenvalue weighted by molar-refractivity contribution is -0.137. The van der Waals surface area contributed by atoms with Crippen LogP contribution in [0.25, 0.3) is 0 Å². The number of nitrogens with two attached hydrogens (primary N) is 1. The Hall–Kier alpha value is -2.94. The number of halogens is 1. The zero-order valence-electron chi connectivity index (χ0n) is 27.4. The predicted octanol–water partition coefficient (Wildman–Crippen LogP) is 1.99. The molecule has 0 radical (unpaired) electrons. The second-order valence-corrected chi connectivity index (χ2v) is 16.6. The highest BCUT2D eigenvalue weighted by Gasteiger charge is 2.48. The Balaban J connectivity index is 1.29. The molecule has 2 heterocycles. The van der Waals surface area contributed by atoms with Gasteiger partial charge < -0.3 is 31.5 Å². The first-order valence-corrected chi connectivity index (χ1v) is 19.2. The summed E-state index contributed by atoms with van der Waals surface area (Å²) in [4.78, 5) is 52.1. The molecule has 6 atom stereocenters. The number of nitrogens with zero attached hydrogens (tertiary/aromatic N) is 1. The number of amides is 4. The van der Waals surface area contributed by atoms with E-state index in [9.17, 15) is 32.7 Å². The first-order chi connectivity index (χ1) is 22.7.